The summed E-state index contributed by atoms with van der Waals surface area (Å²) in [6.07, 6.45) is 7.07. The van der Waals surface area contributed by atoms with Gasteiger partial charge in [0.25, 0.3) is 0 Å². The van der Waals surface area contributed by atoms with Gasteiger partial charge in [0.1, 0.15) is 5.82 Å². The van der Waals surface area contributed by atoms with Crippen molar-refractivity contribution in [2.75, 3.05) is 18.0 Å². The van der Waals surface area contributed by atoms with Crippen LogP contribution in [0.4, 0.5) is 5.82 Å². The van der Waals surface area contributed by atoms with Crippen molar-refractivity contribution in [1.29, 1.82) is 0 Å². The van der Waals surface area contributed by atoms with Crippen molar-refractivity contribution in [1.82, 2.24) is 4.98 Å². The average Bonchev–Trinajstić information content (AvgIpc) is 2.59. The lowest BCUT2D eigenvalue weighted by Gasteiger charge is -2.32. The second-order valence-electron chi connectivity index (χ2n) is 4.72. The Morgan fingerprint density at radius 2 is 1.65 bits per heavy atom. The van der Waals surface area contributed by atoms with Gasteiger partial charge in [-0.05, 0) is 36.8 Å². The summed E-state index contributed by atoms with van der Waals surface area (Å²) in [7, 11) is 0. The van der Waals surface area contributed by atoms with Crippen LogP contribution < -0.4 is 4.90 Å². The first-order valence-corrected chi connectivity index (χ1v) is 8.53. The maximum Gasteiger partial charge on any atom is 0.128 e. The number of pyridine rings is 1. The Hall–Kier alpha value is -1.05. The minimum absolute atomic E-state index is 0.936. The number of rotatable bonds is 3. The van der Waals surface area contributed by atoms with Gasteiger partial charge in [0, 0.05) is 19.3 Å². The first-order valence-electron chi connectivity index (χ1n) is 8.53. The lowest BCUT2D eigenvalue weighted by atomic mass is 9.94. The zero-order chi connectivity index (χ0) is 15.4. The maximum atomic E-state index is 4.55. The number of hydrogen-bond acceptors (Lipinski definition) is 2. The highest BCUT2D eigenvalue weighted by Gasteiger charge is 2.18. The summed E-state index contributed by atoms with van der Waals surface area (Å²) in [6, 6.07) is 4.37. The van der Waals surface area contributed by atoms with Crippen LogP contribution in [0.2, 0.25) is 0 Å². The topological polar surface area (TPSA) is 16.1 Å². The van der Waals surface area contributed by atoms with E-state index in [4.69, 9.17) is 0 Å². The first-order chi connectivity index (χ1) is 9.83. The van der Waals surface area contributed by atoms with Crippen LogP contribution in [0, 0.1) is 5.92 Å². The van der Waals surface area contributed by atoms with E-state index in [2.05, 4.69) is 35.9 Å². The number of nitrogens with zero attached hydrogens (tertiary/aromatic N) is 2. The van der Waals surface area contributed by atoms with Crippen LogP contribution in [0.5, 0.6) is 0 Å². The monoisotopic (exact) mass is 278 g/mol. The van der Waals surface area contributed by atoms with Crippen LogP contribution >= 0.6 is 0 Å². The molecule has 0 amide bonds. The molecule has 2 heterocycles. The van der Waals surface area contributed by atoms with Crippen LogP contribution in [-0.4, -0.2) is 18.1 Å². The molecule has 0 bridgehead atoms. The first kappa shape index (κ1) is 18.9. The fraction of sp³-hybridized carbons (Fsp3) is 0.722. The van der Waals surface area contributed by atoms with Crippen LogP contribution in [-0.2, 0) is 6.42 Å². The van der Waals surface area contributed by atoms with Crippen molar-refractivity contribution in [3.05, 3.63) is 23.9 Å². The highest BCUT2D eigenvalue weighted by molar-refractivity contribution is 5.39. The van der Waals surface area contributed by atoms with Gasteiger partial charge in [0.2, 0.25) is 0 Å². The minimum atomic E-state index is 0.936. The highest BCUT2D eigenvalue weighted by Crippen LogP contribution is 2.23. The van der Waals surface area contributed by atoms with Gasteiger partial charge < -0.3 is 4.90 Å². The molecule has 116 valence electrons. The van der Waals surface area contributed by atoms with Crippen LogP contribution in [0.1, 0.15) is 66.4 Å². The third-order valence-corrected chi connectivity index (χ3v) is 3.73. The number of aromatic nitrogens is 1. The van der Waals surface area contributed by atoms with E-state index in [9.17, 15) is 0 Å². The summed E-state index contributed by atoms with van der Waals surface area (Å²) in [5.74, 6) is 2.10. The predicted molar refractivity (Wildman–Crippen MR) is 91.5 cm³/mol. The molecule has 20 heavy (non-hydrogen) atoms. The molecule has 0 N–H and O–H groups in total. The smallest absolute Gasteiger partial charge is 0.128 e. The van der Waals surface area contributed by atoms with Crippen molar-refractivity contribution in [3.63, 3.8) is 0 Å². The Morgan fingerprint density at radius 3 is 2.05 bits per heavy atom. The number of hydrogen-bond donors (Lipinski definition) is 0. The summed E-state index contributed by atoms with van der Waals surface area (Å²) in [4.78, 5) is 6.97. The van der Waals surface area contributed by atoms with Crippen LogP contribution in [0.15, 0.2) is 18.3 Å². The van der Waals surface area contributed by atoms with E-state index in [1.807, 2.05) is 33.9 Å². The van der Waals surface area contributed by atoms with Crippen molar-refractivity contribution in [3.8, 4) is 0 Å². The molecule has 1 aliphatic rings. The van der Waals surface area contributed by atoms with E-state index in [-0.39, 0.29) is 0 Å². The second-order valence-corrected chi connectivity index (χ2v) is 4.72. The van der Waals surface area contributed by atoms with Gasteiger partial charge in [-0.15, -0.1) is 0 Å². The number of anilines is 1. The summed E-state index contributed by atoms with van der Waals surface area (Å²) in [6.45, 7) is 14.8. The van der Waals surface area contributed by atoms with Gasteiger partial charge in [0.15, 0.2) is 0 Å². The predicted octanol–water partition coefficient (Wildman–Crippen LogP) is 5.32. The zero-order valence-electron chi connectivity index (χ0n) is 14.4. The maximum absolute atomic E-state index is 4.55. The molecule has 1 aromatic heterocycles. The lowest BCUT2D eigenvalue weighted by molar-refractivity contribution is 0.394. The van der Waals surface area contributed by atoms with Crippen LogP contribution in [0.25, 0.3) is 0 Å². The van der Waals surface area contributed by atoms with Gasteiger partial charge in [-0.3, -0.25) is 0 Å². The Bertz CT molecular complexity index is 311. The molecule has 0 unspecified atom stereocenters. The molecule has 0 atom stereocenters. The van der Waals surface area contributed by atoms with E-state index >= 15 is 0 Å². The molecule has 2 nitrogen and oxygen atoms in total. The molecular formula is C18H34N2. The summed E-state index contributed by atoms with van der Waals surface area (Å²) in [5, 5.41) is 0. The zero-order valence-corrected chi connectivity index (χ0v) is 14.4. The summed E-state index contributed by atoms with van der Waals surface area (Å²) < 4.78 is 0. The molecular weight excluding hydrogens is 244 g/mol. The molecule has 1 saturated heterocycles. The molecule has 2 heteroatoms. The van der Waals surface area contributed by atoms with Gasteiger partial charge in [0.05, 0.1) is 0 Å². The molecule has 1 aliphatic heterocycles. The summed E-state index contributed by atoms with van der Waals surface area (Å²) in [5.41, 5.74) is 1.33. The van der Waals surface area contributed by atoms with Gasteiger partial charge in [-0.2, -0.15) is 0 Å². The van der Waals surface area contributed by atoms with E-state index in [0.717, 1.165) is 18.2 Å². The lowest BCUT2D eigenvalue weighted by Crippen LogP contribution is -2.33. The molecule has 1 fully saturated rings. The highest BCUT2D eigenvalue weighted by atomic mass is 15.2. The molecule has 0 aromatic carbocycles. The number of aryl methyl sites for hydroxylation is 1. The van der Waals surface area contributed by atoms with Crippen molar-refractivity contribution in [2.24, 2.45) is 5.92 Å². The Morgan fingerprint density at radius 1 is 1.05 bits per heavy atom. The Balaban J connectivity index is 0.000000829. The second kappa shape index (κ2) is 11.7. The Labute approximate surface area is 126 Å². The fourth-order valence-corrected chi connectivity index (χ4v) is 2.38. The average molecular weight is 278 g/mol. The standard InChI is InChI=1S/C14H22N2.2C2H6/c1-3-12-7-9-16(10-8-12)14-6-5-13(4-2)11-15-14;2*1-2/h5-6,11-12H,3-4,7-10H2,1-2H3;2*1-2H3. The third kappa shape index (κ3) is 5.94. The summed E-state index contributed by atoms with van der Waals surface area (Å²) >= 11 is 0. The number of piperidine rings is 1. The van der Waals surface area contributed by atoms with Gasteiger partial charge in [-0.1, -0.05) is 54.0 Å². The van der Waals surface area contributed by atoms with Gasteiger partial charge >= 0.3 is 0 Å². The quantitative estimate of drug-likeness (QED) is 0.743. The van der Waals surface area contributed by atoms with E-state index in [1.165, 1.54) is 37.9 Å². The fourth-order valence-electron chi connectivity index (χ4n) is 2.38. The van der Waals surface area contributed by atoms with Crippen molar-refractivity contribution in [2.45, 2.75) is 67.2 Å². The van der Waals surface area contributed by atoms with Crippen LogP contribution in [0.3, 0.4) is 0 Å². The SMILES string of the molecule is CC.CC.CCc1ccc(N2CCC(CC)CC2)nc1. The molecule has 2 rings (SSSR count). The normalized spacial score (nSPS) is 14.8. The van der Waals surface area contributed by atoms with Crippen molar-refractivity contribution >= 4 is 5.82 Å². The molecule has 0 spiro atoms. The van der Waals surface area contributed by atoms with Crippen molar-refractivity contribution < 1.29 is 0 Å². The van der Waals surface area contributed by atoms with E-state index in [0.29, 0.717) is 0 Å². The van der Waals surface area contributed by atoms with E-state index in [1.54, 1.807) is 0 Å². The third-order valence-electron chi connectivity index (χ3n) is 3.73. The van der Waals surface area contributed by atoms with E-state index < -0.39 is 0 Å². The molecule has 0 saturated carbocycles. The molecule has 0 aliphatic carbocycles. The largest absolute Gasteiger partial charge is 0.357 e. The molecule has 1 aromatic rings. The Kier molecular flexibility index (Phi) is 11.1. The van der Waals surface area contributed by atoms with Gasteiger partial charge in [-0.25, -0.2) is 4.98 Å². The minimum Gasteiger partial charge on any atom is -0.357 e. The molecule has 0 radical (unpaired) electrons.